The molecule has 0 aromatic carbocycles. The van der Waals surface area contributed by atoms with Crippen LogP contribution >= 0.6 is 0 Å². The van der Waals surface area contributed by atoms with Crippen molar-refractivity contribution in [2.45, 2.75) is 13.3 Å². The first-order valence-corrected chi connectivity index (χ1v) is 3.13. The molecule has 1 N–H and O–H groups in total. The van der Waals surface area contributed by atoms with Crippen LogP contribution in [0.3, 0.4) is 0 Å². The summed E-state index contributed by atoms with van der Waals surface area (Å²) >= 11 is 0. The predicted molar refractivity (Wildman–Crippen MR) is 36.2 cm³/mol. The molecule has 1 radical (unpaired) electrons. The van der Waals surface area contributed by atoms with Crippen LogP contribution in [-0.2, 0) is 4.79 Å². The van der Waals surface area contributed by atoms with Crippen molar-refractivity contribution in [2.75, 3.05) is 20.1 Å². The molecule has 0 unspecified atom stereocenters. The van der Waals surface area contributed by atoms with Gasteiger partial charge in [0.2, 0.25) is 5.91 Å². The normalized spacial score (nSPS) is 9.11. The van der Waals surface area contributed by atoms with Crippen LogP contribution < -0.4 is 10.6 Å². The fourth-order valence-electron chi connectivity index (χ4n) is 0.432. The summed E-state index contributed by atoms with van der Waals surface area (Å²) in [7, 11) is 1.73. The Bertz CT molecular complexity index is 83.1. The fraction of sp³-hybridized carbons (Fsp3) is 0.833. The lowest BCUT2D eigenvalue weighted by Crippen LogP contribution is -2.27. The van der Waals surface area contributed by atoms with Gasteiger partial charge in [0.1, 0.15) is 0 Å². The zero-order valence-electron chi connectivity index (χ0n) is 5.98. The minimum absolute atomic E-state index is 0.0960. The van der Waals surface area contributed by atoms with Gasteiger partial charge in [-0.3, -0.25) is 4.79 Å². The maximum atomic E-state index is 10.5. The van der Waals surface area contributed by atoms with E-state index in [2.05, 4.69) is 10.6 Å². The Morgan fingerprint density at radius 3 is 2.78 bits per heavy atom. The highest BCUT2D eigenvalue weighted by Gasteiger charge is 1.92. The number of hydrogen-bond donors (Lipinski definition) is 1. The number of nitrogens with one attached hydrogen (secondary N) is 1. The van der Waals surface area contributed by atoms with E-state index in [1.807, 2.05) is 6.92 Å². The molecule has 3 heteroatoms. The van der Waals surface area contributed by atoms with Crippen molar-refractivity contribution in [1.82, 2.24) is 10.6 Å². The average molecular weight is 129 g/mol. The molecule has 0 atom stereocenters. The Kier molecular flexibility index (Phi) is 5.21. The molecule has 0 saturated carbocycles. The summed E-state index contributed by atoms with van der Waals surface area (Å²) in [5, 5.41) is 6.53. The molecule has 9 heavy (non-hydrogen) atoms. The smallest absolute Gasteiger partial charge is 0.219 e. The van der Waals surface area contributed by atoms with Gasteiger partial charge in [-0.25, -0.2) is 5.32 Å². The maximum absolute atomic E-state index is 10.5. The van der Waals surface area contributed by atoms with E-state index in [1.165, 1.54) is 0 Å². The van der Waals surface area contributed by atoms with E-state index in [1.54, 1.807) is 7.05 Å². The molecular weight excluding hydrogens is 116 g/mol. The number of rotatable bonds is 4. The fourth-order valence-corrected chi connectivity index (χ4v) is 0.432. The highest BCUT2D eigenvalue weighted by molar-refractivity contribution is 5.75. The Morgan fingerprint density at radius 1 is 1.67 bits per heavy atom. The van der Waals surface area contributed by atoms with Gasteiger partial charge in [-0.1, -0.05) is 6.92 Å². The second-order valence-corrected chi connectivity index (χ2v) is 1.74. The molecule has 0 aromatic rings. The molecule has 1 amide bonds. The van der Waals surface area contributed by atoms with Crippen molar-refractivity contribution in [2.24, 2.45) is 0 Å². The van der Waals surface area contributed by atoms with Gasteiger partial charge >= 0.3 is 0 Å². The number of carbonyl (C=O) groups is 1. The lowest BCUT2D eigenvalue weighted by molar-refractivity contribution is -0.120. The zero-order valence-corrected chi connectivity index (χ0v) is 5.98. The van der Waals surface area contributed by atoms with Crippen molar-refractivity contribution in [3.63, 3.8) is 0 Å². The zero-order chi connectivity index (χ0) is 7.11. The van der Waals surface area contributed by atoms with Gasteiger partial charge in [-0.05, 0) is 0 Å². The van der Waals surface area contributed by atoms with Crippen molar-refractivity contribution < 1.29 is 4.79 Å². The van der Waals surface area contributed by atoms with Gasteiger partial charge in [-0.2, -0.15) is 0 Å². The third-order valence-electron chi connectivity index (χ3n) is 0.979. The first kappa shape index (κ1) is 8.43. The highest BCUT2D eigenvalue weighted by Crippen LogP contribution is 1.71. The molecule has 0 aliphatic carbocycles. The second-order valence-electron chi connectivity index (χ2n) is 1.74. The Hall–Kier alpha value is -0.570. The summed E-state index contributed by atoms with van der Waals surface area (Å²) in [4.78, 5) is 10.5. The van der Waals surface area contributed by atoms with Gasteiger partial charge in [0.25, 0.3) is 0 Å². The van der Waals surface area contributed by atoms with Crippen LogP contribution in [0.4, 0.5) is 0 Å². The predicted octanol–water partition coefficient (Wildman–Crippen LogP) is -0.253. The summed E-state index contributed by atoms with van der Waals surface area (Å²) in [6, 6.07) is 0. The van der Waals surface area contributed by atoms with Crippen molar-refractivity contribution >= 4 is 5.91 Å². The molecule has 53 valence electrons. The minimum Gasteiger partial charge on any atom is -0.355 e. The Balaban J connectivity index is 2.97. The topological polar surface area (TPSA) is 43.2 Å². The summed E-state index contributed by atoms with van der Waals surface area (Å²) < 4.78 is 0. The molecule has 3 nitrogen and oxygen atoms in total. The van der Waals surface area contributed by atoms with E-state index >= 15 is 0 Å². The van der Waals surface area contributed by atoms with E-state index in [0.717, 1.165) is 0 Å². The van der Waals surface area contributed by atoms with Gasteiger partial charge in [0, 0.05) is 26.6 Å². The van der Waals surface area contributed by atoms with Gasteiger partial charge in [-0.15, -0.1) is 0 Å². The summed E-state index contributed by atoms with van der Waals surface area (Å²) in [5.41, 5.74) is 0. The molecule has 0 saturated heterocycles. The SMILES string of the molecule is CCC(=O)NCC[N]C. The van der Waals surface area contributed by atoms with Crippen LogP contribution in [0.2, 0.25) is 0 Å². The Labute approximate surface area is 55.8 Å². The number of hydrogen-bond acceptors (Lipinski definition) is 1. The van der Waals surface area contributed by atoms with Gasteiger partial charge < -0.3 is 5.32 Å². The summed E-state index contributed by atoms with van der Waals surface area (Å²) in [5.74, 6) is 0.0960. The monoisotopic (exact) mass is 129 g/mol. The quantitative estimate of drug-likeness (QED) is 0.522. The van der Waals surface area contributed by atoms with Crippen molar-refractivity contribution in [3.05, 3.63) is 0 Å². The van der Waals surface area contributed by atoms with E-state index in [9.17, 15) is 4.79 Å². The van der Waals surface area contributed by atoms with Crippen LogP contribution in [0.25, 0.3) is 0 Å². The molecule has 0 rings (SSSR count). The second kappa shape index (κ2) is 5.56. The lowest BCUT2D eigenvalue weighted by atomic mass is 10.4. The molecule has 0 aromatic heterocycles. The third-order valence-corrected chi connectivity index (χ3v) is 0.979. The number of nitrogens with zero attached hydrogens (tertiary/aromatic N) is 1. The van der Waals surface area contributed by atoms with Crippen LogP contribution in [0, 0.1) is 0 Å². The standard InChI is InChI=1S/C6H13N2O/c1-3-6(9)8-5-4-7-2/h3-5H2,1-2H3,(H,8,9). The van der Waals surface area contributed by atoms with E-state index < -0.39 is 0 Å². The number of carbonyl (C=O) groups excluding carboxylic acids is 1. The van der Waals surface area contributed by atoms with Crippen LogP contribution in [-0.4, -0.2) is 26.0 Å². The molecule has 0 heterocycles. The summed E-state index contributed by atoms with van der Waals surface area (Å²) in [6.07, 6.45) is 0.559. The minimum atomic E-state index is 0.0960. The molecular formula is C6H13N2O. The van der Waals surface area contributed by atoms with Crippen molar-refractivity contribution in [3.8, 4) is 0 Å². The number of likely N-dealkylation sites (N-methyl/N-ethyl adjacent to an activating group) is 1. The number of amides is 1. The largest absolute Gasteiger partial charge is 0.355 e. The average Bonchev–Trinajstić information content (AvgIpc) is 1.89. The van der Waals surface area contributed by atoms with Crippen LogP contribution in [0.15, 0.2) is 0 Å². The molecule has 0 spiro atoms. The van der Waals surface area contributed by atoms with Gasteiger partial charge in [0.15, 0.2) is 0 Å². The molecule has 0 bridgehead atoms. The first-order chi connectivity index (χ1) is 4.31. The van der Waals surface area contributed by atoms with E-state index in [0.29, 0.717) is 19.5 Å². The third kappa shape index (κ3) is 5.30. The maximum Gasteiger partial charge on any atom is 0.219 e. The molecule has 0 aliphatic rings. The molecule has 0 fully saturated rings. The van der Waals surface area contributed by atoms with Crippen LogP contribution in [0.1, 0.15) is 13.3 Å². The molecule has 0 aliphatic heterocycles. The summed E-state index contributed by atoms with van der Waals surface area (Å²) in [6.45, 7) is 3.22. The van der Waals surface area contributed by atoms with E-state index in [4.69, 9.17) is 0 Å². The van der Waals surface area contributed by atoms with E-state index in [-0.39, 0.29) is 5.91 Å². The first-order valence-electron chi connectivity index (χ1n) is 3.13. The van der Waals surface area contributed by atoms with Crippen LogP contribution in [0.5, 0.6) is 0 Å². The van der Waals surface area contributed by atoms with Gasteiger partial charge in [0.05, 0.1) is 0 Å². The highest BCUT2D eigenvalue weighted by atomic mass is 16.1. The Morgan fingerprint density at radius 2 is 2.33 bits per heavy atom. The van der Waals surface area contributed by atoms with Crippen molar-refractivity contribution in [1.29, 1.82) is 0 Å². The lowest BCUT2D eigenvalue weighted by Gasteiger charge is -1.99.